The van der Waals surface area contributed by atoms with Crippen molar-refractivity contribution in [2.45, 2.75) is 46.0 Å². The summed E-state index contributed by atoms with van der Waals surface area (Å²) in [5, 5.41) is 6.65. The molecular weight excluding hydrogens is 238 g/mol. The van der Waals surface area contributed by atoms with Crippen LogP contribution in [-0.2, 0) is 4.74 Å². The topological polar surface area (TPSA) is 45.7 Å². The zero-order valence-corrected chi connectivity index (χ0v) is 12.5. The molecular formula is C15H29N3O. The lowest BCUT2D eigenvalue weighted by molar-refractivity contribution is 0.155. The number of nitrogens with one attached hydrogen (secondary N) is 2. The third-order valence-electron chi connectivity index (χ3n) is 3.18. The van der Waals surface area contributed by atoms with Gasteiger partial charge >= 0.3 is 0 Å². The average molecular weight is 267 g/mol. The molecule has 0 aromatic rings. The van der Waals surface area contributed by atoms with Crippen LogP contribution < -0.4 is 10.6 Å². The summed E-state index contributed by atoms with van der Waals surface area (Å²) in [6.45, 7) is 8.11. The zero-order chi connectivity index (χ0) is 13.8. The van der Waals surface area contributed by atoms with E-state index < -0.39 is 0 Å². The minimum absolute atomic E-state index is 0.693. The fraction of sp³-hybridized carbons (Fsp3) is 0.800. The second kappa shape index (κ2) is 10.9. The van der Waals surface area contributed by atoms with Crippen LogP contribution in [0.2, 0.25) is 0 Å². The van der Waals surface area contributed by atoms with Crippen molar-refractivity contribution in [2.75, 3.05) is 32.8 Å². The fourth-order valence-corrected chi connectivity index (χ4v) is 2.18. The fourth-order valence-electron chi connectivity index (χ4n) is 2.18. The molecule has 0 aromatic carbocycles. The summed E-state index contributed by atoms with van der Waals surface area (Å²) in [6.07, 6.45) is 8.80. The van der Waals surface area contributed by atoms with E-state index in [2.05, 4.69) is 28.6 Å². The molecule has 0 amide bonds. The van der Waals surface area contributed by atoms with Crippen LogP contribution in [0.15, 0.2) is 16.6 Å². The Hall–Kier alpha value is -1.03. The van der Waals surface area contributed by atoms with Gasteiger partial charge in [-0.1, -0.05) is 11.6 Å². The number of nitrogens with zero attached hydrogens (tertiary/aromatic N) is 1. The van der Waals surface area contributed by atoms with Crippen LogP contribution in [0.25, 0.3) is 0 Å². The normalized spacial score (nSPS) is 16.1. The molecule has 2 N–H and O–H groups in total. The number of hydrogen-bond acceptors (Lipinski definition) is 2. The minimum atomic E-state index is 0.693. The van der Waals surface area contributed by atoms with Gasteiger partial charge in [0.2, 0.25) is 0 Å². The van der Waals surface area contributed by atoms with Crippen molar-refractivity contribution < 1.29 is 4.74 Å². The van der Waals surface area contributed by atoms with Gasteiger partial charge in [-0.25, -0.2) is 0 Å². The number of ether oxygens (including phenoxy) is 1. The van der Waals surface area contributed by atoms with Gasteiger partial charge in [-0.15, -0.1) is 0 Å². The molecule has 4 nitrogen and oxygen atoms in total. The zero-order valence-electron chi connectivity index (χ0n) is 12.5. The monoisotopic (exact) mass is 267 g/mol. The highest BCUT2D eigenvalue weighted by Gasteiger charge is 2.03. The maximum absolute atomic E-state index is 5.29. The van der Waals surface area contributed by atoms with Gasteiger partial charge in [0.05, 0.1) is 13.2 Å². The summed E-state index contributed by atoms with van der Waals surface area (Å²) in [6, 6.07) is 0. The van der Waals surface area contributed by atoms with E-state index in [9.17, 15) is 0 Å². The van der Waals surface area contributed by atoms with Crippen LogP contribution in [-0.4, -0.2) is 38.8 Å². The van der Waals surface area contributed by atoms with E-state index in [4.69, 9.17) is 4.74 Å². The van der Waals surface area contributed by atoms with Crippen molar-refractivity contribution in [1.82, 2.24) is 10.6 Å². The molecule has 0 heterocycles. The maximum atomic E-state index is 5.29. The number of rotatable bonds is 8. The first-order chi connectivity index (χ1) is 9.36. The second-order valence-corrected chi connectivity index (χ2v) is 4.74. The number of hydrogen-bond donors (Lipinski definition) is 2. The van der Waals surface area contributed by atoms with Crippen LogP contribution in [0.4, 0.5) is 0 Å². The Balaban J connectivity index is 2.22. The van der Waals surface area contributed by atoms with E-state index in [1.807, 2.05) is 6.92 Å². The molecule has 0 aliphatic heterocycles. The van der Waals surface area contributed by atoms with Gasteiger partial charge in [-0.2, -0.15) is 0 Å². The largest absolute Gasteiger partial charge is 0.380 e. The molecule has 0 atom stereocenters. The second-order valence-electron chi connectivity index (χ2n) is 4.74. The molecule has 0 unspecified atom stereocenters. The first-order valence-corrected chi connectivity index (χ1v) is 7.64. The third-order valence-corrected chi connectivity index (χ3v) is 3.18. The maximum Gasteiger partial charge on any atom is 0.191 e. The smallest absolute Gasteiger partial charge is 0.191 e. The van der Waals surface area contributed by atoms with Gasteiger partial charge in [0.25, 0.3) is 0 Å². The molecule has 1 aliphatic carbocycles. The number of allylic oxidation sites excluding steroid dienone is 1. The molecule has 4 heteroatoms. The van der Waals surface area contributed by atoms with Gasteiger partial charge < -0.3 is 15.4 Å². The van der Waals surface area contributed by atoms with E-state index in [1.54, 1.807) is 5.57 Å². The first kappa shape index (κ1) is 16.0. The van der Waals surface area contributed by atoms with Crippen molar-refractivity contribution >= 4 is 5.96 Å². The van der Waals surface area contributed by atoms with Crippen molar-refractivity contribution in [3.63, 3.8) is 0 Å². The first-order valence-electron chi connectivity index (χ1n) is 7.64. The van der Waals surface area contributed by atoms with E-state index in [0.29, 0.717) is 13.2 Å². The standard InChI is InChI=1S/C15H29N3O/c1-3-16-15(18-12-13-19-4-2)17-11-10-14-8-6-5-7-9-14/h8H,3-7,9-13H2,1-2H3,(H2,16,17,18). The summed E-state index contributed by atoms with van der Waals surface area (Å²) in [5.74, 6) is 0.901. The molecule has 0 fully saturated rings. The molecule has 0 saturated heterocycles. The van der Waals surface area contributed by atoms with Crippen LogP contribution in [0.1, 0.15) is 46.0 Å². The van der Waals surface area contributed by atoms with Gasteiger partial charge in [0.1, 0.15) is 0 Å². The predicted molar refractivity (Wildman–Crippen MR) is 81.6 cm³/mol. The van der Waals surface area contributed by atoms with Crippen molar-refractivity contribution in [3.8, 4) is 0 Å². The summed E-state index contributed by atoms with van der Waals surface area (Å²) in [4.78, 5) is 4.48. The predicted octanol–water partition coefficient (Wildman–Crippen LogP) is 2.47. The van der Waals surface area contributed by atoms with E-state index >= 15 is 0 Å². The summed E-state index contributed by atoms with van der Waals surface area (Å²) >= 11 is 0. The third kappa shape index (κ3) is 7.88. The Labute approximate surface area is 117 Å². The molecule has 0 bridgehead atoms. The lowest BCUT2D eigenvalue weighted by Gasteiger charge is -2.15. The highest BCUT2D eigenvalue weighted by Crippen LogP contribution is 2.19. The van der Waals surface area contributed by atoms with Crippen LogP contribution >= 0.6 is 0 Å². The highest BCUT2D eigenvalue weighted by atomic mass is 16.5. The summed E-state index contributed by atoms with van der Waals surface area (Å²) in [7, 11) is 0. The lowest BCUT2D eigenvalue weighted by Crippen LogP contribution is -2.38. The van der Waals surface area contributed by atoms with Crippen LogP contribution in [0.5, 0.6) is 0 Å². The highest BCUT2D eigenvalue weighted by molar-refractivity contribution is 5.79. The Morgan fingerprint density at radius 1 is 1.32 bits per heavy atom. The summed E-state index contributed by atoms with van der Waals surface area (Å²) < 4.78 is 5.29. The van der Waals surface area contributed by atoms with Crippen LogP contribution in [0, 0.1) is 0 Å². The Kier molecular flexibility index (Phi) is 9.15. The quantitative estimate of drug-likeness (QED) is 0.307. The number of guanidine groups is 1. The Morgan fingerprint density at radius 3 is 2.89 bits per heavy atom. The lowest BCUT2D eigenvalue weighted by atomic mass is 9.97. The van der Waals surface area contributed by atoms with E-state index in [-0.39, 0.29) is 0 Å². The van der Waals surface area contributed by atoms with E-state index in [0.717, 1.165) is 32.1 Å². The minimum Gasteiger partial charge on any atom is -0.380 e. The summed E-state index contributed by atoms with van der Waals surface area (Å²) in [5.41, 5.74) is 1.60. The molecule has 110 valence electrons. The van der Waals surface area contributed by atoms with Crippen molar-refractivity contribution in [1.29, 1.82) is 0 Å². The molecule has 1 rings (SSSR count). The average Bonchev–Trinajstić information content (AvgIpc) is 2.44. The Bertz CT molecular complexity index is 287. The van der Waals surface area contributed by atoms with Gasteiger partial charge in [0, 0.05) is 19.7 Å². The molecule has 0 spiro atoms. The van der Waals surface area contributed by atoms with Gasteiger partial charge in [-0.3, -0.25) is 4.99 Å². The molecule has 1 aliphatic rings. The van der Waals surface area contributed by atoms with Gasteiger partial charge in [0.15, 0.2) is 5.96 Å². The van der Waals surface area contributed by atoms with Gasteiger partial charge in [-0.05, 0) is 46.0 Å². The molecule has 0 radical (unpaired) electrons. The van der Waals surface area contributed by atoms with Crippen molar-refractivity contribution in [2.24, 2.45) is 4.99 Å². The molecule has 0 aromatic heterocycles. The molecule has 19 heavy (non-hydrogen) atoms. The van der Waals surface area contributed by atoms with E-state index in [1.165, 1.54) is 25.7 Å². The Morgan fingerprint density at radius 2 is 2.21 bits per heavy atom. The SMILES string of the molecule is CCNC(=NCCOCC)NCCC1=CCCCC1. The molecule has 0 saturated carbocycles. The number of aliphatic imine (C=N–C) groups is 1. The van der Waals surface area contributed by atoms with Crippen molar-refractivity contribution in [3.05, 3.63) is 11.6 Å². The van der Waals surface area contributed by atoms with Crippen LogP contribution in [0.3, 0.4) is 0 Å².